The molecule has 0 radical (unpaired) electrons. The van der Waals surface area contributed by atoms with Gasteiger partial charge < -0.3 is 4.57 Å². The van der Waals surface area contributed by atoms with Crippen LogP contribution in [-0.4, -0.2) is 19.5 Å². The van der Waals surface area contributed by atoms with Crippen molar-refractivity contribution in [3.63, 3.8) is 0 Å². The first-order valence-corrected chi connectivity index (χ1v) is 4.73. The van der Waals surface area contributed by atoms with Crippen LogP contribution in [0.1, 0.15) is 18.9 Å². The van der Waals surface area contributed by atoms with Crippen LogP contribution in [0.15, 0.2) is 31.1 Å². The molecule has 1 fully saturated rings. The SMILES string of the molecule is c1ncc(-c2nccn2C2CC2)cn1. The number of hydrogen-bond donors (Lipinski definition) is 0. The van der Waals surface area contributed by atoms with Crippen LogP contribution in [0.2, 0.25) is 0 Å². The summed E-state index contributed by atoms with van der Waals surface area (Å²) in [7, 11) is 0. The van der Waals surface area contributed by atoms with Gasteiger partial charge in [0.05, 0.1) is 5.56 Å². The summed E-state index contributed by atoms with van der Waals surface area (Å²) in [5.74, 6) is 0.980. The molecule has 1 saturated carbocycles. The van der Waals surface area contributed by atoms with Crippen molar-refractivity contribution in [2.75, 3.05) is 0 Å². The Morgan fingerprint density at radius 3 is 2.71 bits per heavy atom. The molecule has 2 aromatic rings. The fourth-order valence-electron chi connectivity index (χ4n) is 1.60. The van der Waals surface area contributed by atoms with Crippen LogP contribution in [0.5, 0.6) is 0 Å². The molecular formula is C10H10N4. The van der Waals surface area contributed by atoms with Gasteiger partial charge in [-0.15, -0.1) is 0 Å². The van der Waals surface area contributed by atoms with Gasteiger partial charge in [-0.3, -0.25) is 0 Å². The molecule has 1 aliphatic carbocycles. The minimum Gasteiger partial charge on any atom is -0.328 e. The van der Waals surface area contributed by atoms with E-state index in [1.165, 1.54) is 19.2 Å². The van der Waals surface area contributed by atoms with Gasteiger partial charge in [0.25, 0.3) is 0 Å². The first-order valence-electron chi connectivity index (χ1n) is 4.73. The summed E-state index contributed by atoms with van der Waals surface area (Å²) in [5.41, 5.74) is 0.990. The third-order valence-electron chi connectivity index (χ3n) is 2.43. The van der Waals surface area contributed by atoms with Crippen molar-refractivity contribution in [1.82, 2.24) is 19.5 Å². The Hall–Kier alpha value is -1.71. The van der Waals surface area contributed by atoms with Crippen LogP contribution < -0.4 is 0 Å². The second-order valence-electron chi connectivity index (χ2n) is 3.52. The summed E-state index contributed by atoms with van der Waals surface area (Å²) < 4.78 is 2.21. The maximum Gasteiger partial charge on any atom is 0.143 e. The smallest absolute Gasteiger partial charge is 0.143 e. The minimum atomic E-state index is 0.646. The van der Waals surface area contributed by atoms with Crippen LogP contribution >= 0.6 is 0 Å². The Balaban J connectivity index is 2.07. The summed E-state index contributed by atoms with van der Waals surface area (Å²) in [6, 6.07) is 0.646. The van der Waals surface area contributed by atoms with E-state index < -0.39 is 0 Å². The predicted molar refractivity (Wildman–Crippen MR) is 51.5 cm³/mol. The molecule has 70 valence electrons. The van der Waals surface area contributed by atoms with E-state index in [9.17, 15) is 0 Å². The number of nitrogens with zero attached hydrogens (tertiary/aromatic N) is 4. The molecule has 1 aliphatic rings. The molecule has 0 unspecified atom stereocenters. The molecule has 14 heavy (non-hydrogen) atoms. The lowest BCUT2D eigenvalue weighted by molar-refractivity contribution is 0.749. The maximum absolute atomic E-state index is 4.33. The fraction of sp³-hybridized carbons (Fsp3) is 0.300. The Morgan fingerprint density at radius 2 is 2.00 bits per heavy atom. The Labute approximate surface area is 81.7 Å². The summed E-state index contributed by atoms with van der Waals surface area (Å²) in [4.78, 5) is 12.3. The van der Waals surface area contributed by atoms with Gasteiger partial charge in [0.1, 0.15) is 12.2 Å². The van der Waals surface area contributed by atoms with Crippen molar-refractivity contribution >= 4 is 0 Å². The van der Waals surface area contributed by atoms with Crippen molar-refractivity contribution in [3.05, 3.63) is 31.1 Å². The number of rotatable bonds is 2. The van der Waals surface area contributed by atoms with E-state index in [0.29, 0.717) is 6.04 Å². The molecule has 2 aromatic heterocycles. The lowest BCUT2D eigenvalue weighted by atomic mass is 10.3. The highest BCUT2D eigenvalue weighted by Gasteiger charge is 2.25. The van der Waals surface area contributed by atoms with E-state index in [2.05, 4.69) is 19.5 Å². The van der Waals surface area contributed by atoms with Gasteiger partial charge >= 0.3 is 0 Å². The lowest BCUT2D eigenvalue weighted by Crippen LogP contribution is -1.96. The third-order valence-corrected chi connectivity index (χ3v) is 2.43. The molecule has 4 nitrogen and oxygen atoms in total. The van der Waals surface area contributed by atoms with E-state index in [4.69, 9.17) is 0 Å². The van der Waals surface area contributed by atoms with Gasteiger partial charge in [-0.05, 0) is 12.8 Å². The zero-order chi connectivity index (χ0) is 9.38. The Kier molecular flexibility index (Phi) is 1.59. The first-order chi connectivity index (χ1) is 6.95. The van der Waals surface area contributed by atoms with Crippen LogP contribution in [-0.2, 0) is 0 Å². The summed E-state index contributed by atoms with van der Waals surface area (Å²) in [5, 5.41) is 0. The number of imidazole rings is 1. The zero-order valence-electron chi connectivity index (χ0n) is 7.67. The summed E-state index contributed by atoms with van der Waals surface area (Å²) in [6.45, 7) is 0. The first kappa shape index (κ1) is 7.67. The summed E-state index contributed by atoms with van der Waals surface area (Å²) >= 11 is 0. The minimum absolute atomic E-state index is 0.646. The fourth-order valence-corrected chi connectivity index (χ4v) is 1.60. The molecule has 0 aromatic carbocycles. The second-order valence-corrected chi connectivity index (χ2v) is 3.52. The quantitative estimate of drug-likeness (QED) is 0.716. The molecule has 0 atom stereocenters. The largest absolute Gasteiger partial charge is 0.328 e. The summed E-state index contributed by atoms with van der Waals surface area (Å²) in [6.07, 6.45) is 11.5. The van der Waals surface area contributed by atoms with E-state index in [0.717, 1.165) is 11.4 Å². The molecule has 0 saturated heterocycles. The van der Waals surface area contributed by atoms with Crippen LogP contribution in [0, 0.1) is 0 Å². The van der Waals surface area contributed by atoms with Gasteiger partial charge in [0, 0.05) is 30.8 Å². The Bertz CT molecular complexity index is 430. The lowest BCUT2D eigenvalue weighted by Gasteiger charge is -2.04. The molecule has 0 aliphatic heterocycles. The predicted octanol–water partition coefficient (Wildman–Crippen LogP) is 1.67. The average molecular weight is 186 g/mol. The van der Waals surface area contributed by atoms with Gasteiger partial charge in [0.2, 0.25) is 0 Å². The molecule has 0 bridgehead atoms. The third kappa shape index (κ3) is 1.19. The highest BCUT2D eigenvalue weighted by Crippen LogP contribution is 2.37. The highest BCUT2D eigenvalue weighted by atomic mass is 15.1. The van der Waals surface area contributed by atoms with Crippen molar-refractivity contribution in [2.45, 2.75) is 18.9 Å². The van der Waals surface area contributed by atoms with E-state index >= 15 is 0 Å². The monoisotopic (exact) mass is 186 g/mol. The molecule has 2 heterocycles. The van der Waals surface area contributed by atoms with E-state index in [1.807, 2.05) is 12.4 Å². The maximum atomic E-state index is 4.33. The van der Waals surface area contributed by atoms with Crippen molar-refractivity contribution in [3.8, 4) is 11.4 Å². The molecule has 0 N–H and O–H groups in total. The average Bonchev–Trinajstić information content (AvgIpc) is 2.98. The van der Waals surface area contributed by atoms with Gasteiger partial charge in [-0.2, -0.15) is 0 Å². The van der Waals surface area contributed by atoms with E-state index in [-0.39, 0.29) is 0 Å². The standard InChI is InChI=1S/C10H10N4/c1-2-9(1)14-4-3-13-10(14)8-5-11-7-12-6-8/h3-7,9H,1-2H2. The normalized spacial score (nSPS) is 15.7. The van der Waals surface area contributed by atoms with E-state index in [1.54, 1.807) is 12.4 Å². The number of hydrogen-bond acceptors (Lipinski definition) is 3. The van der Waals surface area contributed by atoms with Gasteiger partial charge in [0.15, 0.2) is 0 Å². The molecule has 0 amide bonds. The zero-order valence-corrected chi connectivity index (χ0v) is 7.67. The molecular weight excluding hydrogens is 176 g/mol. The molecule has 0 spiro atoms. The highest BCUT2D eigenvalue weighted by molar-refractivity contribution is 5.52. The van der Waals surface area contributed by atoms with Crippen LogP contribution in [0.25, 0.3) is 11.4 Å². The molecule has 3 rings (SSSR count). The molecule has 4 heteroatoms. The number of aromatic nitrogens is 4. The van der Waals surface area contributed by atoms with Crippen LogP contribution in [0.4, 0.5) is 0 Å². The Morgan fingerprint density at radius 1 is 1.21 bits per heavy atom. The van der Waals surface area contributed by atoms with Gasteiger partial charge in [-0.1, -0.05) is 0 Å². The van der Waals surface area contributed by atoms with Crippen molar-refractivity contribution in [1.29, 1.82) is 0 Å². The second kappa shape index (κ2) is 2.90. The van der Waals surface area contributed by atoms with Crippen molar-refractivity contribution < 1.29 is 0 Å². The van der Waals surface area contributed by atoms with Crippen LogP contribution in [0.3, 0.4) is 0 Å². The topological polar surface area (TPSA) is 43.6 Å². The van der Waals surface area contributed by atoms with Crippen molar-refractivity contribution in [2.24, 2.45) is 0 Å². The van der Waals surface area contributed by atoms with Gasteiger partial charge in [-0.25, -0.2) is 15.0 Å².